The molecule has 19 heavy (non-hydrogen) atoms. The third-order valence-corrected chi connectivity index (χ3v) is 2.94. The standard InChI is InChI=1S/C14H22N2O3/c1-18-14(19-2)11-16(13(17)10-15)9-8-12-6-4-3-5-7-12/h3-7,14H,8-11,15H2,1-2H3. The van der Waals surface area contributed by atoms with E-state index in [0.717, 1.165) is 6.42 Å². The van der Waals surface area contributed by atoms with E-state index in [9.17, 15) is 4.79 Å². The minimum absolute atomic E-state index is 0.00502. The Kier molecular flexibility index (Phi) is 7.10. The summed E-state index contributed by atoms with van der Waals surface area (Å²) in [5.41, 5.74) is 6.61. The van der Waals surface area contributed by atoms with E-state index in [4.69, 9.17) is 15.2 Å². The Morgan fingerprint density at radius 2 is 1.89 bits per heavy atom. The molecule has 0 aromatic heterocycles. The Hall–Kier alpha value is -1.43. The molecule has 0 unspecified atom stereocenters. The zero-order valence-corrected chi connectivity index (χ0v) is 11.5. The number of ether oxygens (including phenoxy) is 2. The maximum atomic E-state index is 11.8. The van der Waals surface area contributed by atoms with Crippen LogP contribution in [0.5, 0.6) is 0 Å². The molecule has 0 aliphatic heterocycles. The number of hydrogen-bond acceptors (Lipinski definition) is 4. The van der Waals surface area contributed by atoms with Crippen LogP contribution in [0.15, 0.2) is 30.3 Å². The fraction of sp³-hybridized carbons (Fsp3) is 0.500. The third kappa shape index (κ3) is 5.38. The molecule has 0 heterocycles. The monoisotopic (exact) mass is 266 g/mol. The molecule has 1 rings (SSSR count). The van der Waals surface area contributed by atoms with Gasteiger partial charge in [0.25, 0.3) is 0 Å². The number of carbonyl (C=O) groups is 1. The highest BCUT2D eigenvalue weighted by atomic mass is 16.7. The van der Waals surface area contributed by atoms with E-state index in [1.54, 1.807) is 19.1 Å². The maximum absolute atomic E-state index is 11.8. The first kappa shape index (κ1) is 15.6. The highest BCUT2D eigenvalue weighted by Gasteiger charge is 2.17. The quantitative estimate of drug-likeness (QED) is 0.701. The molecule has 0 bridgehead atoms. The lowest BCUT2D eigenvalue weighted by Gasteiger charge is -2.26. The Labute approximate surface area is 114 Å². The fourth-order valence-corrected chi connectivity index (χ4v) is 1.78. The van der Waals surface area contributed by atoms with Crippen molar-refractivity contribution >= 4 is 5.91 Å². The molecule has 106 valence electrons. The minimum Gasteiger partial charge on any atom is -0.354 e. The number of methoxy groups -OCH3 is 2. The molecule has 0 fully saturated rings. The van der Waals surface area contributed by atoms with E-state index in [0.29, 0.717) is 13.1 Å². The first-order valence-corrected chi connectivity index (χ1v) is 6.28. The normalized spacial score (nSPS) is 10.7. The van der Waals surface area contributed by atoms with Crippen LogP contribution in [0.4, 0.5) is 0 Å². The summed E-state index contributed by atoms with van der Waals surface area (Å²) in [5.74, 6) is -0.102. The van der Waals surface area contributed by atoms with Crippen LogP contribution in [-0.4, -0.2) is 51.0 Å². The van der Waals surface area contributed by atoms with E-state index in [1.165, 1.54) is 5.56 Å². The lowest BCUT2D eigenvalue weighted by Crippen LogP contribution is -2.43. The first-order valence-electron chi connectivity index (χ1n) is 6.28. The highest BCUT2D eigenvalue weighted by molar-refractivity contribution is 5.78. The lowest BCUT2D eigenvalue weighted by molar-refractivity contribution is -0.144. The molecule has 0 saturated carbocycles. The molecule has 0 aliphatic carbocycles. The van der Waals surface area contributed by atoms with Crippen molar-refractivity contribution in [1.82, 2.24) is 4.90 Å². The van der Waals surface area contributed by atoms with Gasteiger partial charge in [0.05, 0.1) is 13.1 Å². The second-order valence-corrected chi connectivity index (χ2v) is 4.18. The Morgan fingerprint density at radius 1 is 1.26 bits per heavy atom. The van der Waals surface area contributed by atoms with Crippen molar-refractivity contribution in [3.05, 3.63) is 35.9 Å². The number of amides is 1. The van der Waals surface area contributed by atoms with Crippen LogP contribution < -0.4 is 5.73 Å². The summed E-state index contributed by atoms with van der Waals surface area (Å²) in [4.78, 5) is 13.5. The van der Waals surface area contributed by atoms with E-state index < -0.39 is 6.29 Å². The zero-order valence-electron chi connectivity index (χ0n) is 11.5. The summed E-state index contributed by atoms with van der Waals surface area (Å²) in [6, 6.07) is 10.0. The van der Waals surface area contributed by atoms with Crippen LogP contribution in [-0.2, 0) is 20.7 Å². The average molecular weight is 266 g/mol. The molecule has 0 spiro atoms. The van der Waals surface area contributed by atoms with Crippen molar-refractivity contribution in [2.45, 2.75) is 12.7 Å². The van der Waals surface area contributed by atoms with Gasteiger partial charge in [0.15, 0.2) is 6.29 Å². The highest BCUT2D eigenvalue weighted by Crippen LogP contribution is 2.04. The van der Waals surface area contributed by atoms with Crippen molar-refractivity contribution in [3.8, 4) is 0 Å². The van der Waals surface area contributed by atoms with Gasteiger partial charge < -0.3 is 20.1 Å². The molecule has 0 aliphatic rings. The van der Waals surface area contributed by atoms with Crippen LogP contribution in [0.3, 0.4) is 0 Å². The topological polar surface area (TPSA) is 64.8 Å². The van der Waals surface area contributed by atoms with Crippen LogP contribution in [0.1, 0.15) is 5.56 Å². The SMILES string of the molecule is COC(CN(CCc1ccccc1)C(=O)CN)OC. The average Bonchev–Trinajstić information content (AvgIpc) is 2.48. The van der Waals surface area contributed by atoms with Crippen molar-refractivity contribution < 1.29 is 14.3 Å². The summed E-state index contributed by atoms with van der Waals surface area (Å²) in [7, 11) is 3.10. The predicted octanol–water partition coefficient (Wildman–Crippen LogP) is 0.635. The molecule has 0 atom stereocenters. The second kappa shape index (κ2) is 8.63. The molecule has 2 N–H and O–H groups in total. The molecule has 5 heteroatoms. The van der Waals surface area contributed by atoms with Gasteiger partial charge in [0, 0.05) is 20.8 Å². The van der Waals surface area contributed by atoms with E-state index in [2.05, 4.69) is 0 Å². The number of nitrogens with zero attached hydrogens (tertiary/aromatic N) is 1. The predicted molar refractivity (Wildman–Crippen MR) is 73.6 cm³/mol. The summed E-state index contributed by atoms with van der Waals surface area (Å²) >= 11 is 0. The van der Waals surface area contributed by atoms with Gasteiger partial charge in [-0.25, -0.2) is 0 Å². The van der Waals surface area contributed by atoms with Gasteiger partial charge in [0.2, 0.25) is 5.91 Å². The van der Waals surface area contributed by atoms with E-state index in [-0.39, 0.29) is 12.5 Å². The van der Waals surface area contributed by atoms with E-state index >= 15 is 0 Å². The molecule has 1 aromatic carbocycles. The summed E-state index contributed by atoms with van der Waals surface area (Å²) in [6.45, 7) is 0.980. The molecular formula is C14H22N2O3. The number of hydrogen-bond donors (Lipinski definition) is 1. The fourth-order valence-electron chi connectivity index (χ4n) is 1.78. The first-order chi connectivity index (χ1) is 9.21. The molecule has 1 aromatic rings. The molecule has 1 amide bonds. The van der Waals surface area contributed by atoms with Crippen molar-refractivity contribution in [2.24, 2.45) is 5.73 Å². The minimum atomic E-state index is -0.425. The van der Waals surface area contributed by atoms with Gasteiger partial charge in [-0.05, 0) is 12.0 Å². The lowest BCUT2D eigenvalue weighted by atomic mass is 10.1. The van der Waals surface area contributed by atoms with Crippen LogP contribution in [0.25, 0.3) is 0 Å². The molecular weight excluding hydrogens is 244 g/mol. The number of rotatable bonds is 8. The number of carbonyl (C=O) groups excluding carboxylic acids is 1. The van der Waals surface area contributed by atoms with Gasteiger partial charge >= 0.3 is 0 Å². The van der Waals surface area contributed by atoms with Gasteiger partial charge in [-0.2, -0.15) is 0 Å². The van der Waals surface area contributed by atoms with Crippen molar-refractivity contribution in [3.63, 3.8) is 0 Å². The van der Waals surface area contributed by atoms with Crippen LogP contribution >= 0.6 is 0 Å². The zero-order chi connectivity index (χ0) is 14.1. The molecule has 0 saturated heterocycles. The van der Waals surface area contributed by atoms with Crippen molar-refractivity contribution in [1.29, 1.82) is 0 Å². The van der Waals surface area contributed by atoms with Crippen molar-refractivity contribution in [2.75, 3.05) is 33.9 Å². The molecule has 0 radical (unpaired) electrons. The van der Waals surface area contributed by atoms with Gasteiger partial charge in [-0.15, -0.1) is 0 Å². The molecule has 5 nitrogen and oxygen atoms in total. The summed E-state index contributed by atoms with van der Waals surface area (Å²) in [5, 5.41) is 0. The maximum Gasteiger partial charge on any atom is 0.236 e. The van der Waals surface area contributed by atoms with Gasteiger partial charge in [0.1, 0.15) is 0 Å². The Balaban J connectivity index is 2.57. The Bertz CT molecular complexity index is 366. The van der Waals surface area contributed by atoms with Crippen LogP contribution in [0, 0.1) is 0 Å². The number of benzene rings is 1. The largest absolute Gasteiger partial charge is 0.354 e. The van der Waals surface area contributed by atoms with Crippen LogP contribution in [0.2, 0.25) is 0 Å². The van der Waals surface area contributed by atoms with Gasteiger partial charge in [-0.1, -0.05) is 30.3 Å². The Morgan fingerprint density at radius 3 is 2.42 bits per heavy atom. The van der Waals surface area contributed by atoms with Gasteiger partial charge in [-0.3, -0.25) is 4.79 Å². The third-order valence-electron chi connectivity index (χ3n) is 2.94. The summed E-state index contributed by atoms with van der Waals surface area (Å²) < 4.78 is 10.2. The number of nitrogens with two attached hydrogens (primary N) is 1. The second-order valence-electron chi connectivity index (χ2n) is 4.18. The smallest absolute Gasteiger partial charge is 0.236 e. The summed E-state index contributed by atoms with van der Waals surface area (Å²) in [6.07, 6.45) is 0.360. The van der Waals surface area contributed by atoms with E-state index in [1.807, 2.05) is 30.3 Å².